The van der Waals surface area contributed by atoms with Crippen LogP contribution in [-0.4, -0.2) is 44.7 Å². The van der Waals surface area contributed by atoms with E-state index in [2.05, 4.69) is 0 Å². The topological polar surface area (TPSA) is 126 Å². The third-order valence-electron chi connectivity index (χ3n) is 8.04. The largest absolute Gasteiger partial charge is 0.507 e. The van der Waals surface area contributed by atoms with Crippen molar-refractivity contribution in [2.45, 2.75) is 66.4 Å². The molecule has 0 bridgehead atoms. The van der Waals surface area contributed by atoms with Crippen molar-refractivity contribution < 1.29 is 34.2 Å². The molecule has 7 nitrogen and oxygen atoms in total. The Kier molecular flexibility index (Phi) is 4.78. The molecule has 0 aliphatic heterocycles. The third kappa shape index (κ3) is 2.75. The van der Waals surface area contributed by atoms with Gasteiger partial charge in [0.25, 0.3) is 0 Å². The Balaban J connectivity index is 1.98. The summed E-state index contributed by atoms with van der Waals surface area (Å²) in [5, 5.41) is 22.4. The highest BCUT2D eigenvalue weighted by Gasteiger charge is 2.71. The van der Waals surface area contributed by atoms with Crippen LogP contribution in [0.4, 0.5) is 0 Å². The summed E-state index contributed by atoms with van der Waals surface area (Å²) in [6, 6.07) is 1.55. The van der Waals surface area contributed by atoms with Crippen molar-refractivity contribution in [3.8, 4) is 5.75 Å². The number of phenolic OH excluding ortho intramolecular Hbond substituents is 1. The molecule has 3 aliphatic rings. The Labute approximate surface area is 191 Å². The molecular weight excluding hydrogens is 424 g/mol. The number of aryl methyl sites for hydroxylation is 1. The van der Waals surface area contributed by atoms with E-state index in [1.54, 1.807) is 33.8 Å². The Morgan fingerprint density at radius 2 is 1.64 bits per heavy atom. The van der Waals surface area contributed by atoms with Gasteiger partial charge in [0.15, 0.2) is 28.7 Å². The fourth-order valence-electron chi connectivity index (χ4n) is 6.79. The molecule has 1 saturated carbocycles. The van der Waals surface area contributed by atoms with E-state index in [4.69, 9.17) is 0 Å². The molecule has 1 aromatic rings. The van der Waals surface area contributed by atoms with Gasteiger partial charge in [0.2, 0.25) is 5.78 Å². The van der Waals surface area contributed by atoms with E-state index in [0.717, 1.165) is 0 Å². The summed E-state index contributed by atoms with van der Waals surface area (Å²) in [7, 11) is 0. The lowest BCUT2D eigenvalue weighted by molar-refractivity contribution is -0.183. The number of phenols is 1. The number of aliphatic hydroxyl groups is 1. The molecule has 7 heteroatoms. The predicted octanol–water partition coefficient (Wildman–Crippen LogP) is 2.85. The van der Waals surface area contributed by atoms with Crippen LogP contribution in [0.2, 0.25) is 0 Å². The average Bonchev–Trinajstić information content (AvgIpc) is 2.66. The van der Waals surface area contributed by atoms with E-state index in [9.17, 15) is 34.2 Å². The van der Waals surface area contributed by atoms with Gasteiger partial charge in [0, 0.05) is 11.0 Å². The quantitative estimate of drug-likeness (QED) is 0.401. The van der Waals surface area contributed by atoms with E-state index in [1.807, 2.05) is 0 Å². The van der Waals surface area contributed by atoms with Crippen LogP contribution in [0.3, 0.4) is 0 Å². The van der Waals surface area contributed by atoms with Gasteiger partial charge in [-0.15, -0.1) is 0 Å². The number of aromatic hydroxyl groups is 1. The molecule has 4 rings (SSSR count). The minimum absolute atomic E-state index is 0.0926. The van der Waals surface area contributed by atoms with Gasteiger partial charge in [-0.1, -0.05) is 19.4 Å². The zero-order chi connectivity index (χ0) is 24.8. The zero-order valence-electron chi connectivity index (χ0n) is 19.7. The number of carbonyl (C=O) groups excluding carboxylic acids is 5. The molecule has 0 spiro atoms. The summed E-state index contributed by atoms with van der Waals surface area (Å²) >= 11 is 0. The van der Waals surface area contributed by atoms with E-state index in [-0.39, 0.29) is 41.9 Å². The number of Topliss-reactive ketones (excluding diaryl/α,β-unsaturated/α-hetero) is 5. The van der Waals surface area contributed by atoms with Gasteiger partial charge in [0.1, 0.15) is 5.75 Å². The fraction of sp³-hybridized carbons (Fsp3) is 0.500. The Morgan fingerprint density at radius 3 is 2.18 bits per heavy atom. The van der Waals surface area contributed by atoms with E-state index >= 15 is 0 Å². The number of hydrogen-bond acceptors (Lipinski definition) is 7. The minimum atomic E-state index is -2.52. The van der Waals surface area contributed by atoms with Gasteiger partial charge in [-0.05, 0) is 69.6 Å². The van der Waals surface area contributed by atoms with Crippen LogP contribution >= 0.6 is 0 Å². The van der Waals surface area contributed by atoms with Gasteiger partial charge >= 0.3 is 0 Å². The van der Waals surface area contributed by atoms with E-state index in [0.29, 0.717) is 22.3 Å². The van der Waals surface area contributed by atoms with Gasteiger partial charge in [-0.2, -0.15) is 0 Å². The summed E-state index contributed by atoms with van der Waals surface area (Å²) in [5.41, 5.74) is -3.45. The maximum atomic E-state index is 13.9. The first-order valence-corrected chi connectivity index (χ1v) is 11.0. The van der Waals surface area contributed by atoms with Crippen LogP contribution in [0.15, 0.2) is 17.2 Å². The Morgan fingerprint density at radius 1 is 1.03 bits per heavy atom. The highest BCUT2D eigenvalue weighted by molar-refractivity contribution is 6.33. The number of ketones is 5. The highest BCUT2D eigenvalue weighted by Crippen LogP contribution is 2.61. The van der Waals surface area contributed by atoms with Crippen molar-refractivity contribution >= 4 is 28.9 Å². The van der Waals surface area contributed by atoms with Crippen molar-refractivity contribution in [1.29, 1.82) is 0 Å². The van der Waals surface area contributed by atoms with Crippen LogP contribution in [-0.2, 0) is 20.8 Å². The molecule has 1 fully saturated rings. The van der Waals surface area contributed by atoms with Crippen molar-refractivity contribution in [3.63, 3.8) is 0 Å². The van der Waals surface area contributed by atoms with Gasteiger partial charge in [0.05, 0.1) is 17.1 Å². The zero-order valence-corrected chi connectivity index (χ0v) is 19.7. The lowest BCUT2D eigenvalue weighted by Crippen LogP contribution is -2.71. The number of carbonyl (C=O) groups is 5. The van der Waals surface area contributed by atoms with E-state index in [1.165, 1.54) is 13.8 Å². The molecule has 0 aromatic heterocycles. The molecule has 0 heterocycles. The molecule has 1 aromatic carbocycles. The number of rotatable bonds is 2. The molecular formula is C26H28O7. The first-order valence-electron chi connectivity index (χ1n) is 11.0. The van der Waals surface area contributed by atoms with Crippen molar-refractivity contribution in [1.82, 2.24) is 0 Å². The molecule has 174 valence electrons. The lowest BCUT2D eigenvalue weighted by Gasteiger charge is -2.58. The average molecular weight is 453 g/mol. The fourth-order valence-corrected chi connectivity index (χ4v) is 6.79. The highest BCUT2D eigenvalue weighted by atomic mass is 16.3. The van der Waals surface area contributed by atoms with Crippen LogP contribution in [0, 0.1) is 23.7 Å². The molecule has 0 saturated heterocycles. The smallest absolute Gasteiger partial charge is 0.206 e. The predicted molar refractivity (Wildman–Crippen MR) is 118 cm³/mol. The SMILES string of the molecule is CC(=O)C1=C(C)CC2(C)CC3(C)Cc4c(C(C)=O)cc(C)c(O)c4C(=O)C3C(=O)C2(O)C1=O. The van der Waals surface area contributed by atoms with Crippen molar-refractivity contribution in [3.05, 3.63) is 39.5 Å². The normalized spacial score (nSPS) is 33.4. The van der Waals surface area contributed by atoms with Gasteiger partial charge in [-0.3, -0.25) is 24.0 Å². The second kappa shape index (κ2) is 6.79. The van der Waals surface area contributed by atoms with Crippen LogP contribution in [0.1, 0.15) is 79.3 Å². The number of benzene rings is 1. The molecule has 33 heavy (non-hydrogen) atoms. The van der Waals surface area contributed by atoms with Crippen molar-refractivity contribution in [2.75, 3.05) is 0 Å². The second-order valence-electron chi connectivity index (χ2n) is 10.7. The molecule has 0 radical (unpaired) electrons. The summed E-state index contributed by atoms with van der Waals surface area (Å²) < 4.78 is 0. The Hall–Kier alpha value is -2.93. The number of fused-ring (bicyclic) bond motifs is 3. The summed E-state index contributed by atoms with van der Waals surface area (Å²) in [6.45, 7) is 9.21. The molecule has 3 aliphatic carbocycles. The third-order valence-corrected chi connectivity index (χ3v) is 8.04. The van der Waals surface area contributed by atoms with Crippen LogP contribution < -0.4 is 0 Å². The first-order chi connectivity index (χ1) is 15.1. The maximum absolute atomic E-state index is 13.9. The van der Waals surface area contributed by atoms with Crippen molar-refractivity contribution in [2.24, 2.45) is 16.7 Å². The molecule has 4 atom stereocenters. The van der Waals surface area contributed by atoms with Gasteiger partial charge < -0.3 is 10.2 Å². The monoisotopic (exact) mass is 452 g/mol. The lowest BCUT2D eigenvalue weighted by atomic mass is 9.44. The van der Waals surface area contributed by atoms with Crippen LogP contribution in [0.5, 0.6) is 5.75 Å². The first kappa shape index (κ1) is 23.2. The second-order valence-corrected chi connectivity index (χ2v) is 10.7. The maximum Gasteiger partial charge on any atom is 0.206 e. The molecule has 2 N–H and O–H groups in total. The standard InChI is InChI=1S/C26H28O7/c1-11-7-15(13(3)27)16-9-24(5)10-25(6)8-12(2)17(14(4)28)22(31)26(25,33)23(32)19(24)21(30)18(16)20(11)29/h7,19,29,33H,8-10H2,1-6H3. The number of hydrogen-bond donors (Lipinski definition) is 2. The van der Waals surface area contributed by atoms with Crippen LogP contribution in [0.25, 0.3) is 0 Å². The minimum Gasteiger partial charge on any atom is -0.507 e. The van der Waals surface area contributed by atoms with E-state index < -0.39 is 45.5 Å². The molecule has 0 amide bonds. The summed E-state index contributed by atoms with van der Waals surface area (Å²) in [5.74, 6) is -5.07. The summed E-state index contributed by atoms with van der Waals surface area (Å²) in [6.07, 6.45) is 0.464. The number of allylic oxidation sites excluding steroid dienone is 1. The Bertz CT molecular complexity index is 1240. The van der Waals surface area contributed by atoms with Gasteiger partial charge in [-0.25, -0.2) is 0 Å². The summed E-state index contributed by atoms with van der Waals surface area (Å²) in [4.78, 5) is 65.5. The molecule has 4 unspecified atom stereocenters.